The first-order valence-electron chi connectivity index (χ1n) is 7.00. The number of nitrogens with zero attached hydrogens (tertiary/aromatic N) is 2. The Kier molecular flexibility index (Phi) is 4.93. The van der Waals surface area contributed by atoms with Gasteiger partial charge in [0.15, 0.2) is 0 Å². The second kappa shape index (κ2) is 6.89. The largest absolute Gasteiger partial charge is 0.311 e. The van der Waals surface area contributed by atoms with Crippen molar-refractivity contribution in [2.45, 2.75) is 33.2 Å². The van der Waals surface area contributed by atoms with Crippen LogP contribution in [0.1, 0.15) is 32.3 Å². The molecule has 0 unspecified atom stereocenters. The Labute approximate surface area is 119 Å². The lowest BCUT2D eigenvalue weighted by Gasteiger charge is -2.10. The van der Waals surface area contributed by atoms with Gasteiger partial charge in [0.1, 0.15) is 5.82 Å². The van der Waals surface area contributed by atoms with Crippen molar-refractivity contribution in [2.75, 3.05) is 5.32 Å². The minimum Gasteiger partial charge on any atom is -0.311 e. The van der Waals surface area contributed by atoms with Crippen molar-refractivity contribution in [1.29, 1.82) is 0 Å². The third-order valence-corrected chi connectivity index (χ3v) is 3.11. The molecule has 1 aromatic carbocycles. The van der Waals surface area contributed by atoms with Crippen molar-refractivity contribution in [3.05, 3.63) is 48.2 Å². The van der Waals surface area contributed by atoms with Gasteiger partial charge in [0.25, 0.3) is 0 Å². The number of carbonyl (C=O) groups excluding carboxylic acids is 1. The number of benzene rings is 1. The molecule has 0 atom stereocenters. The van der Waals surface area contributed by atoms with E-state index in [0.29, 0.717) is 18.9 Å². The summed E-state index contributed by atoms with van der Waals surface area (Å²) in [5, 5.41) is 7.19. The van der Waals surface area contributed by atoms with Crippen LogP contribution in [0.5, 0.6) is 0 Å². The maximum Gasteiger partial charge on any atom is 0.225 e. The van der Waals surface area contributed by atoms with Crippen molar-refractivity contribution in [2.24, 2.45) is 5.92 Å². The summed E-state index contributed by atoms with van der Waals surface area (Å²) in [5.41, 5.74) is 1.16. The second-order valence-electron chi connectivity index (χ2n) is 5.34. The van der Waals surface area contributed by atoms with E-state index in [2.05, 4.69) is 24.3 Å². The van der Waals surface area contributed by atoms with Gasteiger partial charge in [-0.05, 0) is 17.9 Å². The summed E-state index contributed by atoms with van der Waals surface area (Å²) in [6.07, 6.45) is 3.16. The molecule has 0 aliphatic heterocycles. The Morgan fingerprint density at radius 2 is 2.00 bits per heavy atom. The zero-order valence-corrected chi connectivity index (χ0v) is 12.0. The molecule has 2 aromatic rings. The minimum absolute atomic E-state index is 0.0495. The first kappa shape index (κ1) is 14.3. The van der Waals surface area contributed by atoms with Gasteiger partial charge in [-0.2, -0.15) is 5.10 Å². The molecule has 0 bridgehead atoms. The van der Waals surface area contributed by atoms with Crippen molar-refractivity contribution < 1.29 is 4.79 Å². The molecule has 0 aliphatic carbocycles. The lowest BCUT2D eigenvalue weighted by Crippen LogP contribution is -2.16. The number of carbonyl (C=O) groups is 1. The van der Waals surface area contributed by atoms with E-state index >= 15 is 0 Å². The summed E-state index contributed by atoms with van der Waals surface area (Å²) >= 11 is 0. The van der Waals surface area contributed by atoms with Gasteiger partial charge < -0.3 is 5.32 Å². The Morgan fingerprint density at radius 3 is 2.70 bits per heavy atom. The number of aromatic nitrogens is 2. The lowest BCUT2D eigenvalue weighted by molar-refractivity contribution is -0.116. The Morgan fingerprint density at radius 1 is 1.25 bits per heavy atom. The lowest BCUT2D eigenvalue weighted by atomic mass is 10.1. The third-order valence-electron chi connectivity index (χ3n) is 3.11. The highest BCUT2D eigenvalue weighted by Gasteiger charge is 2.08. The molecule has 4 nitrogen and oxygen atoms in total. The average Bonchev–Trinajstić information content (AvgIpc) is 2.85. The van der Waals surface area contributed by atoms with E-state index < -0.39 is 0 Å². The maximum absolute atomic E-state index is 11.9. The van der Waals surface area contributed by atoms with E-state index in [0.717, 1.165) is 17.8 Å². The molecule has 106 valence electrons. The highest BCUT2D eigenvalue weighted by atomic mass is 16.1. The molecule has 4 heteroatoms. The van der Waals surface area contributed by atoms with Crippen LogP contribution in [0.15, 0.2) is 42.6 Å². The van der Waals surface area contributed by atoms with Gasteiger partial charge in [-0.3, -0.25) is 4.79 Å². The highest BCUT2D eigenvalue weighted by Crippen LogP contribution is 2.11. The molecule has 20 heavy (non-hydrogen) atoms. The summed E-state index contributed by atoms with van der Waals surface area (Å²) in [6.45, 7) is 4.90. The molecule has 1 heterocycles. The maximum atomic E-state index is 11.9. The van der Waals surface area contributed by atoms with Crippen LogP contribution in [0.4, 0.5) is 5.82 Å². The second-order valence-corrected chi connectivity index (χ2v) is 5.34. The van der Waals surface area contributed by atoms with E-state index in [-0.39, 0.29) is 5.91 Å². The van der Waals surface area contributed by atoms with E-state index in [4.69, 9.17) is 0 Å². The van der Waals surface area contributed by atoms with Crippen LogP contribution in [0.25, 0.3) is 0 Å². The smallest absolute Gasteiger partial charge is 0.225 e. The van der Waals surface area contributed by atoms with Crippen LogP contribution < -0.4 is 5.32 Å². The summed E-state index contributed by atoms with van der Waals surface area (Å²) in [6, 6.07) is 11.9. The fourth-order valence-corrected chi connectivity index (χ4v) is 1.95. The predicted octanol–water partition coefficient (Wildman–Crippen LogP) is 3.31. The summed E-state index contributed by atoms with van der Waals surface area (Å²) in [7, 11) is 0. The summed E-state index contributed by atoms with van der Waals surface area (Å²) < 4.78 is 1.81. The Bertz CT molecular complexity index is 546. The van der Waals surface area contributed by atoms with Gasteiger partial charge in [-0.25, -0.2) is 4.68 Å². The number of nitrogens with one attached hydrogen (secondary N) is 1. The zero-order valence-electron chi connectivity index (χ0n) is 12.0. The van der Waals surface area contributed by atoms with Crippen LogP contribution in [0.2, 0.25) is 0 Å². The van der Waals surface area contributed by atoms with Gasteiger partial charge in [0, 0.05) is 12.5 Å². The summed E-state index contributed by atoms with van der Waals surface area (Å²) in [5.74, 6) is 1.34. The Balaban J connectivity index is 1.96. The average molecular weight is 271 g/mol. The molecule has 0 aliphatic rings. The number of anilines is 1. The molecular formula is C16H21N3O. The van der Waals surface area contributed by atoms with Crippen LogP contribution in [0, 0.1) is 5.92 Å². The number of hydrogen-bond acceptors (Lipinski definition) is 2. The number of rotatable bonds is 6. The van der Waals surface area contributed by atoms with Crippen molar-refractivity contribution in [3.63, 3.8) is 0 Å². The predicted molar refractivity (Wildman–Crippen MR) is 80.5 cm³/mol. The van der Waals surface area contributed by atoms with Crippen LogP contribution in [-0.2, 0) is 11.3 Å². The monoisotopic (exact) mass is 271 g/mol. The standard InChI is InChI=1S/C16H21N3O/c1-13(2)8-9-16(20)18-15-10-11-17-19(15)12-14-6-4-3-5-7-14/h3-7,10-11,13H,8-9,12H2,1-2H3,(H,18,20). The number of hydrogen-bond donors (Lipinski definition) is 1. The molecule has 1 N–H and O–H groups in total. The first-order chi connectivity index (χ1) is 9.65. The molecule has 0 spiro atoms. The summed E-state index contributed by atoms with van der Waals surface area (Å²) in [4.78, 5) is 11.9. The van der Waals surface area contributed by atoms with Gasteiger partial charge >= 0.3 is 0 Å². The van der Waals surface area contributed by atoms with Crippen molar-refractivity contribution in [1.82, 2.24) is 9.78 Å². The molecular weight excluding hydrogens is 250 g/mol. The minimum atomic E-state index is 0.0495. The fraction of sp³-hybridized carbons (Fsp3) is 0.375. The van der Waals surface area contributed by atoms with E-state index in [9.17, 15) is 4.79 Å². The van der Waals surface area contributed by atoms with Crippen molar-refractivity contribution >= 4 is 11.7 Å². The van der Waals surface area contributed by atoms with Gasteiger partial charge in [0.05, 0.1) is 12.7 Å². The quantitative estimate of drug-likeness (QED) is 0.876. The normalized spacial score (nSPS) is 10.8. The van der Waals surface area contributed by atoms with E-state index in [1.807, 2.05) is 41.1 Å². The van der Waals surface area contributed by atoms with E-state index in [1.54, 1.807) is 6.20 Å². The van der Waals surface area contributed by atoms with Gasteiger partial charge in [-0.1, -0.05) is 44.2 Å². The molecule has 0 saturated carbocycles. The van der Waals surface area contributed by atoms with Crippen molar-refractivity contribution in [3.8, 4) is 0 Å². The fourth-order valence-electron chi connectivity index (χ4n) is 1.95. The zero-order chi connectivity index (χ0) is 14.4. The van der Waals surface area contributed by atoms with Crippen LogP contribution >= 0.6 is 0 Å². The van der Waals surface area contributed by atoms with Gasteiger partial charge in [0.2, 0.25) is 5.91 Å². The van der Waals surface area contributed by atoms with Gasteiger partial charge in [-0.15, -0.1) is 0 Å². The molecule has 0 fully saturated rings. The topological polar surface area (TPSA) is 46.9 Å². The SMILES string of the molecule is CC(C)CCC(=O)Nc1ccnn1Cc1ccccc1. The molecule has 0 saturated heterocycles. The molecule has 0 radical (unpaired) electrons. The van der Waals surface area contributed by atoms with E-state index in [1.165, 1.54) is 0 Å². The first-order valence-corrected chi connectivity index (χ1v) is 7.00. The van der Waals surface area contributed by atoms with Crippen LogP contribution in [0.3, 0.4) is 0 Å². The molecule has 1 amide bonds. The molecule has 2 rings (SSSR count). The highest BCUT2D eigenvalue weighted by molar-refractivity contribution is 5.89. The number of amides is 1. The molecule has 1 aromatic heterocycles. The third kappa shape index (κ3) is 4.23. The van der Waals surface area contributed by atoms with Crippen LogP contribution in [-0.4, -0.2) is 15.7 Å². The Hall–Kier alpha value is -2.10.